The first kappa shape index (κ1) is 11.0. The lowest BCUT2D eigenvalue weighted by atomic mass is 9.96. The summed E-state index contributed by atoms with van der Waals surface area (Å²) in [5, 5.41) is 0. The monoisotopic (exact) mass is 219 g/mol. The van der Waals surface area contributed by atoms with Crippen molar-refractivity contribution < 1.29 is 4.79 Å². The average molecular weight is 219 g/mol. The van der Waals surface area contributed by atoms with Gasteiger partial charge in [-0.2, -0.15) is 0 Å². The molecule has 1 aliphatic rings. The fraction of sp³-hybridized carbons (Fsp3) is 0.583. The van der Waals surface area contributed by atoms with Crippen molar-refractivity contribution in [2.45, 2.75) is 32.1 Å². The van der Waals surface area contributed by atoms with Gasteiger partial charge in [-0.15, -0.1) is 0 Å². The highest BCUT2D eigenvalue weighted by atomic mass is 16.2. The molecule has 86 valence electrons. The molecule has 0 spiro atoms. The van der Waals surface area contributed by atoms with Crippen LogP contribution in [-0.2, 0) is 4.79 Å². The Kier molecular flexibility index (Phi) is 3.49. The molecule has 1 fully saturated rings. The maximum atomic E-state index is 11.5. The van der Waals surface area contributed by atoms with Crippen molar-refractivity contribution >= 4 is 5.91 Å². The number of rotatable bonds is 2. The first-order valence-corrected chi connectivity index (χ1v) is 5.86. The van der Waals surface area contributed by atoms with Crippen molar-refractivity contribution in [2.24, 2.45) is 0 Å². The second kappa shape index (κ2) is 5.05. The van der Waals surface area contributed by atoms with Crippen LogP contribution in [0, 0.1) is 0 Å². The molecule has 4 heteroatoms. The third kappa shape index (κ3) is 2.38. The number of nitrogens with zero attached hydrogens (tertiary/aromatic N) is 3. The summed E-state index contributed by atoms with van der Waals surface area (Å²) < 4.78 is 0. The molecule has 4 nitrogen and oxygen atoms in total. The van der Waals surface area contributed by atoms with E-state index >= 15 is 0 Å². The fourth-order valence-electron chi connectivity index (χ4n) is 2.13. The Hall–Kier alpha value is -1.45. The minimum atomic E-state index is 0.257. The number of aromatic nitrogens is 2. The van der Waals surface area contributed by atoms with E-state index in [1.54, 1.807) is 12.4 Å². The Bertz CT molecular complexity index is 345. The van der Waals surface area contributed by atoms with Crippen molar-refractivity contribution in [3.63, 3.8) is 0 Å². The van der Waals surface area contributed by atoms with Crippen LogP contribution in [0.15, 0.2) is 18.5 Å². The van der Waals surface area contributed by atoms with E-state index in [1.807, 2.05) is 17.9 Å². The molecular formula is C12H17N3O. The van der Waals surface area contributed by atoms with Crippen molar-refractivity contribution in [3.05, 3.63) is 24.3 Å². The quantitative estimate of drug-likeness (QED) is 0.759. The number of hydrogen-bond acceptors (Lipinski definition) is 3. The highest BCUT2D eigenvalue weighted by Crippen LogP contribution is 2.25. The minimum absolute atomic E-state index is 0.257. The first-order chi connectivity index (χ1) is 7.81. The average Bonchev–Trinajstić information content (AvgIpc) is 2.39. The number of carbonyl (C=O) groups is 1. The van der Waals surface area contributed by atoms with E-state index in [-0.39, 0.29) is 5.91 Å². The van der Waals surface area contributed by atoms with E-state index in [2.05, 4.69) is 9.97 Å². The molecule has 1 amide bonds. The second-order valence-electron chi connectivity index (χ2n) is 4.12. The van der Waals surface area contributed by atoms with Gasteiger partial charge in [0.2, 0.25) is 5.91 Å². The number of piperidine rings is 1. The van der Waals surface area contributed by atoms with Crippen LogP contribution in [0.3, 0.4) is 0 Å². The standard InChI is InChI=1S/C12H17N3O/c1-2-11(16)15-8-4-10(5-9-15)12-13-6-3-7-14-12/h3,6-7,10H,2,4-5,8-9H2,1H3. The Balaban J connectivity index is 1.93. The van der Waals surface area contributed by atoms with Crippen LogP contribution < -0.4 is 0 Å². The van der Waals surface area contributed by atoms with E-state index in [1.165, 1.54) is 0 Å². The SMILES string of the molecule is CCC(=O)N1CCC(c2ncccn2)CC1. The van der Waals surface area contributed by atoms with Crippen LogP contribution in [0.1, 0.15) is 37.9 Å². The zero-order valence-corrected chi connectivity index (χ0v) is 9.59. The van der Waals surface area contributed by atoms with Gasteiger partial charge in [-0.25, -0.2) is 9.97 Å². The molecule has 0 N–H and O–H groups in total. The molecule has 0 unspecified atom stereocenters. The third-order valence-corrected chi connectivity index (χ3v) is 3.10. The Morgan fingerprint density at radius 3 is 2.56 bits per heavy atom. The Labute approximate surface area is 95.7 Å². The molecule has 0 atom stereocenters. The maximum absolute atomic E-state index is 11.5. The van der Waals surface area contributed by atoms with Crippen LogP contribution in [0.25, 0.3) is 0 Å². The summed E-state index contributed by atoms with van der Waals surface area (Å²) in [5.74, 6) is 1.60. The molecule has 0 radical (unpaired) electrons. The minimum Gasteiger partial charge on any atom is -0.343 e. The lowest BCUT2D eigenvalue weighted by Gasteiger charge is -2.31. The molecule has 16 heavy (non-hydrogen) atoms. The van der Waals surface area contributed by atoms with Gasteiger partial charge in [0.25, 0.3) is 0 Å². The predicted octanol–water partition coefficient (Wildman–Crippen LogP) is 1.59. The molecule has 0 bridgehead atoms. The van der Waals surface area contributed by atoms with Crippen LogP contribution in [0.5, 0.6) is 0 Å². The molecule has 2 rings (SSSR count). The molecule has 1 aromatic heterocycles. The number of hydrogen-bond donors (Lipinski definition) is 0. The number of amides is 1. The predicted molar refractivity (Wildman–Crippen MR) is 60.9 cm³/mol. The number of carbonyl (C=O) groups excluding carboxylic acids is 1. The molecular weight excluding hydrogens is 202 g/mol. The molecule has 0 saturated carbocycles. The van der Waals surface area contributed by atoms with E-state index in [9.17, 15) is 4.79 Å². The van der Waals surface area contributed by atoms with Crippen LogP contribution in [0.4, 0.5) is 0 Å². The molecule has 1 aliphatic heterocycles. The van der Waals surface area contributed by atoms with Crippen molar-refractivity contribution in [1.29, 1.82) is 0 Å². The third-order valence-electron chi connectivity index (χ3n) is 3.10. The lowest BCUT2D eigenvalue weighted by Crippen LogP contribution is -2.37. The van der Waals surface area contributed by atoms with E-state index < -0.39 is 0 Å². The van der Waals surface area contributed by atoms with Crippen LogP contribution in [-0.4, -0.2) is 33.9 Å². The molecule has 0 aliphatic carbocycles. The van der Waals surface area contributed by atoms with Gasteiger partial charge in [-0.05, 0) is 18.9 Å². The highest BCUT2D eigenvalue weighted by molar-refractivity contribution is 5.75. The normalized spacial score (nSPS) is 17.4. The Morgan fingerprint density at radius 2 is 2.00 bits per heavy atom. The van der Waals surface area contributed by atoms with Gasteiger partial charge >= 0.3 is 0 Å². The first-order valence-electron chi connectivity index (χ1n) is 5.86. The summed E-state index contributed by atoms with van der Waals surface area (Å²) in [4.78, 5) is 22.0. The van der Waals surface area contributed by atoms with E-state index in [0.717, 1.165) is 31.8 Å². The highest BCUT2D eigenvalue weighted by Gasteiger charge is 2.24. The van der Waals surface area contributed by atoms with Gasteiger partial charge in [-0.1, -0.05) is 6.92 Å². The van der Waals surface area contributed by atoms with Gasteiger partial charge in [0.1, 0.15) is 5.82 Å². The van der Waals surface area contributed by atoms with Gasteiger partial charge < -0.3 is 4.90 Å². The zero-order valence-electron chi connectivity index (χ0n) is 9.59. The number of likely N-dealkylation sites (tertiary alicyclic amines) is 1. The van der Waals surface area contributed by atoms with Gasteiger partial charge in [-0.3, -0.25) is 4.79 Å². The zero-order chi connectivity index (χ0) is 11.4. The molecule has 1 saturated heterocycles. The molecule has 1 aromatic rings. The summed E-state index contributed by atoms with van der Waals surface area (Å²) in [6.45, 7) is 3.60. The topological polar surface area (TPSA) is 46.1 Å². The Morgan fingerprint density at radius 1 is 1.38 bits per heavy atom. The summed E-state index contributed by atoms with van der Waals surface area (Å²) in [6.07, 6.45) is 6.13. The summed E-state index contributed by atoms with van der Waals surface area (Å²) >= 11 is 0. The fourth-order valence-corrected chi connectivity index (χ4v) is 2.13. The van der Waals surface area contributed by atoms with E-state index in [0.29, 0.717) is 12.3 Å². The maximum Gasteiger partial charge on any atom is 0.222 e. The summed E-state index contributed by atoms with van der Waals surface area (Å²) in [7, 11) is 0. The second-order valence-corrected chi connectivity index (χ2v) is 4.12. The lowest BCUT2D eigenvalue weighted by molar-refractivity contribution is -0.131. The van der Waals surface area contributed by atoms with Gasteiger partial charge in [0, 0.05) is 37.8 Å². The van der Waals surface area contributed by atoms with Gasteiger partial charge in [0.15, 0.2) is 0 Å². The van der Waals surface area contributed by atoms with Crippen LogP contribution >= 0.6 is 0 Å². The van der Waals surface area contributed by atoms with Crippen molar-refractivity contribution in [1.82, 2.24) is 14.9 Å². The van der Waals surface area contributed by atoms with Crippen molar-refractivity contribution in [2.75, 3.05) is 13.1 Å². The summed E-state index contributed by atoms with van der Waals surface area (Å²) in [5.41, 5.74) is 0. The van der Waals surface area contributed by atoms with Gasteiger partial charge in [0.05, 0.1) is 0 Å². The summed E-state index contributed by atoms with van der Waals surface area (Å²) in [6, 6.07) is 1.83. The van der Waals surface area contributed by atoms with E-state index in [4.69, 9.17) is 0 Å². The molecule has 0 aromatic carbocycles. The largest absolute Gasteiger partial charge is 0.343 e. The van der Waals surface area contributed by atoms with Crippen LogP contribution in [0.2, 0.25) is 0 Å². The smallest absolute Gasteiger partial charge is 0.222 e. The van der Waals surface area contributed by atoms with Crippen molar-refractivity contribution in [3.8, 4) is 0 Å². The molecule has 2 heterocycles.